The topological polar surface area (TPSA) is 78.8 Å². The second-order valence-corrected chi connectivity index (χ2v) is 4.49. The first-order valence-electron chi connectivity index (χ1n) is 6.85. The zero-order chi connectivity index (χ0) is 14.5. The maximum Gasteiger partial charge on any atom is 0.354 e. The van der Waals surface area contributed by atoms with E-state index in [0.29, 0.717) is 38.1 Å². The minimum Gasteiger partial charge on any atom is -0.477 e. The standard InChI is InChI=1S/C13H20N4O3/c1-3-16(4-2)11-9-10(12(18)19)14-13(15-11)17-5-7-20-8-6-17/h9H,3-8H2,1-2H3,(H,18,19). The third-order valence-corrected chi connectivity index (χ3v) is 3.30. The molecule has 1 fully saturated rings. The molecule has 0 unspecified atom stereocenters. The number of hydrogen-bond donors (Lipinski definition) is 1. The number of carboxylic acids is 1. The summed E-state index contributed by atoms with van der Waals surface area (Å²) in [5.41, 5.74) is 0.0309. The Hall–Kier alpha value is -1.89. The van der Waals surface area contributed by atoms with E-state index < -0.39 is 5.97 Å². The van der Waals surface area contributed by atoms with Gasteiger partial charge in [-0.2, -0.15) is 4.98 Å². The van der Waals surface area contributed by atoms with Gasteiger partial charge in [-0.25, -0.2) is 9.78 Å². The van der Waals surface area contributed by atoms with Crippen LogP contribution in [0.15, 0.2) is 6.07 Å². The highest BCUT2D eigenvalue weighted by Gasteiger charge is 2.19. The fourth-order valence-electron chi connectivity index (χ4n) is 2.15. The average Bonchev–Trinajstić information content (AvgIpc) is 2.49. The van der Waals surface area contributed by atoms with Gasteiger partial charge in [0.15, 0.2) is 5.69 Å². The lowest BCUT2D eigenvalue weighted by Crippen LogP contribution is -2.38. The van der Waals surface area contributed by atoms with E-state index in [1.807, 2.05) is 23.6 Å². The molecule has 20 heavy (non-hydrogen) atoms. The number of rotatable bonds is 5. The van der Waals surface area contributed by atoms with Crippen LogP contribution in [0.3, 0.4) is 0 Å². The first kappa shape index (κ1) is 14.5. The Morgan fingerprint density at radius 1 is 1.35 bits per heavy atom. The van der Waals surface area contributed by atoms with E-state index in [2.05, 4.69) is 9.97 Å². The molecule has 0 aromatic carbocycles. The number of ether oxygens (including phenoxy) is 1. The number of nitrogens with zero attached hydrogens (tertiary/aromatic N) is 4. The molecule has 0 aliphatic carbocycles. The van der Waals surface area contributed by atoms with Crippen LogP contribution in [0.25, 0.3) is 0 Å². The maximum absolute atomic E-state index is 11.2. The summed E-state index contributed by atoms with van der Waals surface area (Å²) in [5, 5.41) is 9.21. The van der Waals surface area contributed by atoms with E-state index in [4.69, 9.17) is 4.74 Å². The summed E-state index contributed by atoms with van der Waals surface area (Å²) in [7, 11) is 0. The highest BCUT2D eigenvalue weighted by molar-refractivity contribution is 5.86. The van der Waals surface area contributed by atoms with Crippen molar-refractivity contribution in [2.75, 3.05) is 49.2 Å². The van der Waals surface area contributed by atoms with Crippen LogP contribution < -0.4 is 9.80 Å². The van der Waals surface area contributed by atoms with Gasteiger partial charge in [0.1, 0.15) is 5.82 Å². The van der Waals surface area contributed by atoms with Gasteiger partial charge in [0.2, 0.25) is 5.95 Å². The summed E-state index contributed by atoms with van der Waals surface area (Å²) < 4.78 is 5.29. The molecule has 0 bridgehead atoms. The predicted molar refractivity (Wildman–Crippen MR) is 75.6 cm³/mol. The number of morpholine rings is 1. The monoisotopic (exact) mass is 280 g/mol. The van der Waals surface area contributed by atoms with Crippen molar-refractivity contribution >= 4 is 17.7 Å². The van der Waals surface area contributed by atoms with Gasteiger partial charge >= 0.3 is 5.97 Å². The summed E-state index contributed by atoms with van der Waals surface area (Å²) >= 11 is 0. The fraction of sp³-hybridized carbons (Fsp3) is 0.615. The zero-order valence-electron chi connectivity index (χ0n) is 11.9. The molecular formula is C13H20N4O3. The van der Waals surface area contributed by atoms with Gasteiger partial charge in [0.05, 0.1) is 13.2 Å². The van der Waals surface area contributed by atoms with E-state index in [9.17, 15) is 9.90 Å². The summed E-state index contributed by atoms with van der Waals surface area (Å²) in [5.74, 6) is 0.0920. The molecule has 1 aliphatic rings. The van der Waals surface area contributed by atoms with Gasteiger partial charge in [0, 0.05) is 32.2 Å². The molecule has 0 atom stereocenters. The quantitative estimate of drug-likeness (QED) is 0.856. The number of aromatic nitrogens is 2. The van der Waals surface area contributed by atoms with Gasteiger partial charge in [-0.1, -0.05) is 0 Å². The van der Waals surface area contributed by atoms with Crippen LogP contribution in [-0.2, 0) is 4.74 Å². The van der Waals surface area contributed by atoms with E-state index in [1.165, 1.54) is 6.07 Å². The lowest BCUT2D eigenvalue weighted by Gasteiger charge is -2.28. The Morgan fingerprint density at radius 3 is 2.55 bits per heavy atom. The lowest BCUT2D eigenvalue weighted by molar-refractivity contribution is 0.0690. The zero-order valence-corrected chi connectivity index (χ0v) is 11.9. The van der Waals surface area contributed by atoms with E-state index in [1.54, 1.807) is 0 Å². The third kappa shape index (κ3) is 3.16. The average molecular weight is 280 g/mol. The molecule has 1 aromatic rings. The van der Waals surface area contributed by atoms with E-state index in [-0.39, 0.29) is 5.69 Å². The van der Waals surface area contributed by atoms with Gasteiger partial charge in [-0.15, -0.1) is 0 Å². The van der Waals surface area contributed by atoms with Crippen LogP contribution >= 0.6 is 0 Å². The molecule has 0 radical (unpaired) electrons. The molecule has 7 heteroatoms. The molecule has 7 nitrogen and oxygen atoms in total. The summed E-state index contributed by atoms with van der Waals surface area (Å²) in [6.45, 7) is 8.16. The maximum atomic E-state index is 11.2. The Morgan fingerprint density at radius 2 is 2.00 bits per heavy atom. The van der Waals surface area contributed by atoms with Gasteiger partial charge < -0.3 is 19.6 Å². The smallest absolute Gasteiger partial charge is 0.354 e. The number of carbonyl (C=O) groups is 1. The predicted octanol–water partition coefficient (Wildman–Crippen LogP) is 0.858. The minimum atomic E-state index is -1.03. The van der Waals surface area contributed by atoms with Crippen molar-refractivity contribution in [3.63, 3.8) is 0 Å². The normalized spacial score (nSPS) is 15.2. The molecule has 0 spiro atoms. The largest absolute Gasteiger partial charge is 0.477 e. The lowest BCUT2D eigenvalue weighted by atomic mass is 10.3. The SMILES string of the molecule is CCN(CC)c1cc(C(=O)O)nc(N2CCOCC2)n1. The first-order chi connectivity index (χ1) is 9.65. The van der Waals surface area contributed by atoms with Crippen molar-refractivity contribution < 1.29 is 14.6 Å². The fourth-order valence-corrected chi connectivity index (χ4v) is 2.15. The Bertz CT molecular complexity index is 471. The van der Waals surface area contributed by atoms with Crippen molar-refractivity contribution in [1.29, 1.82) is 0 Å². The van der Waals surface area contributed by atoms with Crippen molar-refractivity contribution in [2.45, 2.75) is 13.8 Å². The molecule has 1 N–H and O–H groups in total. The van der Waals surface area contributed by atoms with E-state index in [0.717, 1.165) is 13.1 Å². The van der Waals surface area contributed by atoms with Crippen molar-refractivity contribution in [2.24, 2.45) is 0 Å². The summed E-state index contributed by atoms with van der Waals surface area (Å²) in [6, 6.07) is 1.53. The third-order valence-electron chi connectivity index (χ3n) is 3.30. The molecule has 0 amide bonds. The van der Waals surface area contributed by atoms with Crippen LogP contribution in [-0.4, -0.2) is 60.4 Å². The highest BCUT2D eigenvalue weighted by atomic mass is 16.5. The molecule has 110 valence electrons. The summed E-state index contributed by atoms with van der Waals surface area (Å²) in [6.07, 6.45) is 0. The van der Waals surface area contributed by atoms with Crippen molar-refractivity contribution in [1.82, 2.24) is 9.97 Å². The first-order valence-corrected chi connectivity index (χ1v) is 6.85. The van der Waals surface area contributed by atoms with E-state index >= 15 is 0 Å². The Balaban J connectivity index is 2.37. The van der Waals surface area contributed by atoms with Crippen LogP contribution in [0.4, 0.5) is 11.8 Å². The van der Waals surface area contributed by atoms with Crippen molar-refractivity contribution in [3.05, 3.63) is 11.8 Å². The molecule has 2 rings (SSSR count). The second kappa shape index (κ2) is 6.51. The second-order valence-electron chi connectivity index (χ2n) is 4.49. The van der Waals surface area contributed by atoms with Gasteiger partial charge in [0.25, 0.3) is 0 Å². The molecule has 1 aliphatic heterocycles. The summed E-state index contributed by atoms with van der Waals surface area (Å²) in [4.78, 5) is 23.9. The van der Waals surface area contributed by atoms with Crippen LogP contribution in [0.1, 0.15) is 24.3 Å². The Kier molecular flexibility index (Phi) is 4.73. The van der Waals surface area contributed by atoms with Crippen LogP contribution in [0, 0.1) is 0 Å². The highest BCUT2D eigenvalue weighted by Crippen LogP contribution is 2.18. The van der Waals surface area contributed by atoms with Crippen molar-refractivity contribution in [3.8, 4) is 0 Å². The number of hydrogen-bond acceptors (Lipinski definition) is 6. The van der Waals surface area contributed by atoms with Crippen LogP contribution in [0.2, 0.25) is 0 Å². The van der Waals surface area contributed by atoms with Gasteiger partial charge in [-0.05, 0) is 13.8 Å². The minimum absolute atomic E-state index is 0.0309. The molecular weight excluding hydrogens is 260 g/mol. The molecule has 0 saturated carbocycles. The van der Waals surface area contributed by atoms with Gasteiger partial charge in [-0.3, -0.25) is 0 Å². The molecule has 1 aromatic heterocycles. The Labute approximate surface area is 118 Å². The number of aromatic carboxylic acids is 1. The molecule has 2 heterocycles. The molecule has 1 saturated heterocycles. The number of anilines is 2. The van der Waals surface area contributed by atoms with Crippen LogP contribution in [0.5, 0.6) is 0 Å². The number of carboxylic acid groups (broad SMARTS) is 1.